The maximum atomic E-state index is 11.0. The van der Waals surface area contributed by atoms with Crippen LogP contribution in [0.2, 0.25) is 0 Å². The molecule has 60 valence electrons. The van der Waals surface area contributed by atoms with Crippen molar-refractivity contribution in [3.8, 4) is 0 Å². The molecule has 0 amide bonds. The number of aldehydes is 1. The van der Waals surface area contributed by atoms with Crippen molar-refractivity contribution in [3.63, 3.8) is 0 Å². The van der Waals surface area contributed by atoms with Gasteiger partial charge in [0.25, 0.3) is 0 Å². The summed E-state index contributed by atoms with van der Waals surface area (Å²) in [5.41, 5.74) is 1.09. The van der Waals surface area contributed by atoms with Crippen LogP contribution >= 0.6 is 0 Å². The van der Waals surface area contributed by atoms with Crippen LogP contribution in [0, 0.1) is 0 Å². The third-order valence-electron chi connectivity index (χ3n) is 1.55. The summed E-state index contributed by atoms with van der Waals surface area (Å²) in [7, 11) is 0. The monoisotopic (exact) mass is 160 g/mol. The van der Waals surface area contributed by atoms with Gasteiger partial charge in [-0.05, 0) is 5.56 Å². The molecule has 0 fully saturated rings. The molecule has 0 atom stereocenters. The molecule has 1 aromatic rings. The predicted octanol–water partition coefficient (Wildman–Crippen LogP) is 1.71. The van der Waals surface area contributed by atoms with Crippen molar-refractivity contribution < 1.29 is 9.59 Å². The van der Waals surface area contributed by atoms with Crippen LogP contribution < -0.4 is 0 Å². The lowest BCUT2D eigenvalue weighted by molar-refractivity contribution is -0.104. The van der Waals surface area contributed by atoms with E-state index in [0.29, 0.717) is 17.4 Å². The Morgan fingerprint density at radius 3 is 2.58 bits per heavy atom. The van der Waals surface area contributed by atoms with Crippen molar-refractivity contribution >= 4 is 18.1 Å². The number of rotatable bonds is 3. The smallest absolute Gasteiger partial charge is 0.225 e. The Morgan fingerprint density at radius 2 is 2.00 bits per heavy atom. The van der Waals surface area contributed by atoms with Gasteiger partial charge in [0.05, 0.1) is 0 Å². The zero-order chi connectivity index (χ0) is 8.97. The Balaban J connectivity index is 3.21. The molecule has 1 aromatic carbocycles. The second kappa shape index (κ2) is 3.62. The SMILES string of the molecule is C=Cc1ccccc1C(=O)C=O. The number of hydrogen-bond acceptors (Lipinski definition) is 2. The van der Waals surface area contributed by atoms with Crippen molar-refractivity contribution in [1.82, 2.24) is 0 Å². The zero-order valence-electron chi connectivity index (χ0n) is 6.49. The van der Waals surface area contributed by atoms with Crippen LogP contribution in [0.3, 0.4) is 0 Å². The number of hydrogen-bond donors (Lipinski definition) is 0. The van der Waals surface area contributed by atoms with E-state index in [-0.39, 0.29) is 0 Å². The zero-order valence-corrected chi connectivity index (χ0v) is 6.49. The third-order valence-corrected chi connectivity index (χ3v) is 1.55. The van der Waals surface area contributed by atoms with Crippen LogP contribution in [0.25, 0.3) is 6.08 Å². The van der Waals surface area contributed by atoms with Crippen molar-refractivity contribution in [2.45, 2.75) is 0 Å². The summed E-state index contributed by atoms with van der Waals surface area (Å²) < 4.78 is 0. The molecule has 0 unspecified atom stereocenters. The quantitative estimate of drug-likeness (QED) is 0.383. The summed E-state index contributed by atoms with van der Waals surface area (Å²) >= 11 is 0. The average Bonchev–Trinajstić information content (AvgIpc) is 2.16. The number of benzene rings is 1. The van der Waals surface area contributed by atoms with Crippen molar-refractivity contribution in [3.05, 3.63) is 42.0 Å². The van der Waals surface area contributed by atoms with Crippen LogP contribution in [0.4, 0.5) is 0 Å². The van der Waals surface area contributed by atoms with Gasteiger partial charge in [-0.3, -0.25) is 9.59 Å². The highest BCUT2D eigenvalue weighted by Gasteiger charge is 2.05. The second-order valence-corrected chi connectivity index (χ2v) is 2.27. The first-order chi connectivity index (χ1) is 5.79. The molecule has 0 spiro atoms. The third kappa shape index (κ3) is 1.48. The van der Waals surface area contributed by atoms with E-state index in [1.54, 1.807) is 30.3 Å². The summed E-state index contributed by atoms with van der Waals surface area (Å²) in [6.45, 7) is 3.54. The molecular weight excluding hydrogens is 152 g/mol. The van der Waals surface area contributed by atoms with Gasteiger partial charge in [-0.2, -0.15) is 0 Å². The lowest BCUT2D eigenvalue weighted by Crippen LogP contribution is -2.01. The van der Waals surface area contributed by atoms with E-state index < -0.39 is 5.78 Å². The summed E-state index contributed by atoms with van der Waals surface area (Å²) in [5.74, 6) is -0.509. The van der Waals surface area contributed by atoms with E-state index in [4.69, 9.17) is 0 Å². The predicted molar refractivity (Wildman–Crippen MR) is 46.9 cm³/mol. The van der Waals surface area contributed by atoms with E-state index in [2.05, 4.69) is 6.58 Å². The normalized spacial score (nSPS) is 9.00. The maximum absolute atomic E-state index is 11.0. The molecule has 0 aliphatic rings. The molecule has 0 aliphatic carbocycles. The molecule has 2 nitrogen and oxygen atoms in total. The van der Waals surface area contributed by atoms with Gasteiger partial charge in [-0.15, -0.1) is 0 Å². The van der Waals surface area contributed by atoms with E-state index in [9.17, 15) is 9.59 Å². The van der Waals surface area contributed by atoms with Gasteiger partial charge < -0.3 is 0 Å². The molecule has 0 aromatic heterocycles. The van der Waals surface area contributed by atoms with Crippen LogP contribution in [0.1, 0.15) is 15.9 Å². The lowest BCUT2D eigenvalue weighted by Gasteiger charge is -1.98. The highest BCUT2D eigenvalue weighted by atomic mass is 16.2. The fraction of sp³-hybridized carbons (Fsp3) is 0. The fourth-order valence-corrected chi connectivity index (χ4v) is 0.963. The summed E-state index contributed by atoms with van der Waals surface area (Å²) in [6, 6.07) is 6.85. The molecule has 12 heavy (non-hydrogen) atoms. The first kappa shape index (κ1) is 8.40. The lowest BCUT2D eigenvalue weighted by atomic mass is 10.0. The van der Waals surface area contributed by atoms with Crippen molar-refractivity contribution in [2.24, 2.45) is 0 Å². The highest BCUT2D eigenvalue weighted by Crippen LogP contribution is 2.09. The minimum atomic E-state index is -0.509. The number of ketones is 1. The Hall–Kier alpha value is -1.70. The van der Waals surface area contributed by atoms with E-state index in [1.807, 2.05) is 0 Å². The minimum absolute atomic E-state index is 0.308. The standard InChI is InChI=1S/C10H8O2/c1-2-8-5-3-4-6-9(8)10(12)7-11/h2-7H,1H2. The van der Waals surface area contributed by atoms with Crippen LogP contribution in [-0.2, 0) is 4.79 Å². The Kier molecular flexibility index (Phi) is 2.53. The number of carbonyl (C=O) groups excluding carboxylic acids is 2. The van der Waals surface area contributed by atoms with Crippen LogP contribution in [0.5, 0.6) is 0 Å². The first-order valence-corrected chi connectivity index (χ1v) is 3.50. The molecule has 0 N–H and O–H groups in total. The van der Waals surface area contributed by atoms with Crippen LogP contribution in [-0.4, -0.2) is 12.1 Å². The van der Waals surface area contributed by atoms with Gasteiger partial charge >= 0.3 is 0 Å². The number of carbonyl (C=O) groups is 2. The van der Waals surface area contributed by atoms with Gasteiger partial charge in [0.2, 0.25) is 5.78 Å². The van der Waals surface area contributed by atoms with Gasteiger partial charge in [0, 0.05) is 5.56 Å². The molecule has 0 bridgehead atoms. The Bertz CT molecular complexity index is 326. The average molecular weight is 160 g/mol. The van der Waals surface area contributed by atoms with E-state index in [1.165, 1.54) is 0 Å². The molecule has 0 saturated heterocycles. The topological polar surface area (TPSA) is 34.1 Å². The largest absolute Gasteiger partial charge is 0.294 e. The second-order valence-electron chi connectivity index (χ2n) is 2.27. The summed E-state index contributed by atoms with van der Waals surface area (Å²) in [6.07, 6.45) is 1.86. The van der Waals surface area contributed by atoms with E-state index in [0.717, 1.165) is 0 Å². The van der Waals surface area contributed by atoms with Crippen molar-refractivity contribution in [2.75, 3.05) is 0 Å². The highest BCUT2D eigenvalue weighted by molar-refractivity contribution is 6.34. The van der Waals surface area contributed by atoms with Gasteiger partial charge in [-0.25, -0.2) is 0 Å². The van der Waals surface area contributed by atoms with Crippen LogP contribution in [0.15, 0.2) is 30.8 Å². The van der Waals surface area contributed by atoms with Gasteiger partial charge in [-0.1, -0.05) is 36.9 Å². The summed E-state index contributed by atoms with van der Waals surface area (Å²) in [5, 5.41) is 0. The number of Topliss-reactive ketones (excluding diaryl/α,β-unsaturated/α-hetero) is 1. The molecule has 1 rings (SSSR count). The van der Waals surface area contributed by atoms with Gasteiger partial charge in [0.15, 0.2) is 6.29 Å². The van der Waals surface area contributed by atoms with Gasteiger partial charge in [0.1, 0.15) is 0 Å². The molecule has 0 saturated carbocycles. The molecule has 0 radical (unpaired) electrons. The Labute approximate surface area is 70.5 Å². The Morgan fingerprint density at radius 1 is 1.33 bits per heavy atom. The molecular formula is C10H8O2. The fourth-order valence-electron chi connectivity index (χ4n) is 0.963. The van der Waals surface area contributed by atoms with Crippen molar-refractivity contribution in [1.29, 1.82) is 0 Å². The molecule has 2 heteroatoms. The summed E-state index contributed by atoms with van der Waals surface area (Å²) in [4.78, 5) is 21.2. The molecule has 0 heterocycles. The first-order valence-electron chi connectivity index (χ1n) is 3.50. The van der Waals surface area contributed by atoms with E-state index >= 15 is 0 Å². The molecule has 0 aliphatic heterocycles. The minimum Gasteiger partial charge on any atom is -0.294 e. The maximum Gasteiger partial charge on any atom is 0.225 e.